The SMILES string of the molecule is C=C(C)/C(=C1\C(=C)C(C)(C)c2cc3c(cc21)C(C)(C)c1cc(N(c2ccc(C)cc2)c2ccc4c(c2)C(C)(C)c2cc(-c5ccc6ccccc6c5)c5oc6ccccc6c5c2-4)ccc1-3)c1ccccc1C.CC. The minimum Gasteiger partial charge on any atom is -0.455 e. The van der Waals surface area contributed by atoms with E-state index in [1.807, 2.05) is 13.8 Å². The molecule has 1 heterocycles. The van der Waals surface area contributed by atoms with Gasteiger partial charge in [-0.1, -0.05) is 177 Å². The highest BCUT2D eigenvalue weighted by molar-refractivity contribution is 6.19. The molecule has 10 aromatic rings. The fraction of sp³-hybridized carbons (Fsp3) is 0.194. The van der Waals surface area contributed by atoms with E-state index in [9.17, 15) is 0 Å². The first-order valence-corrected chi connectivity index (χ1v) is 26.5. The van der Waals surface area contributed by atoms with Crippen LogP contribution in [0.2, 0.25) is 0 Å². The van der Waals surface area contributed by atoms with Gasteiger partial charge in [-0.05, 0) is 193 Å². The average Bonchev–Trinajstić information content (AvgIpc) is 4.03. The molecule has 9 aromatic carbocycles. The number of fused-ring (bicyclic) bond motifs is 12. The molecule has 3 aliphatic rings. The summed E-state index contributed by atoms with van der Waals surface area (Å²) >= 11 is 0. The van der Waals surface area contributed by atoms with Crippen molar-refractivity contribution >= 4 is 60.9 Å². The molecule has 0 N–H and O–H groups in total. The van der Waals surface area contributed by atoms with Crippen molar-refractivity contribution in [1.29, 1.82) is 0 Å². The first-order chi connectivity index (χ1) is 35.5. The summed E-state index contributed by atoms with van der Waals surface area (Å²) in [4.78, 5) is 2.47. The minimum atomic E-state index is -0.310. The smallest absolute Gasteiger partial charge is 0.143 e. The predicted octanol–water partition coefficient (Wildman–Crippen LogP) is 20.5. The Hall–Kier alpha value is -7.94. The highest BCUT2D eigenvalue weighted by atomic mass is 16.3. The molecule has 0 amide bonds. The lowest BCUT2D eigenvalue weighted by Gasteiger charge is -2.30. The zero-order valence-corrected chi connectivity index (χ0v) is 44.9. The number of benzene rings is 9. The Kier molecular flexibility index (Phi) is 10.7. The number of hydrogen-bond donors (Lipinski definition) is 0. The Labute approximate surface area is 438 Å². The molecule has 0 bridgehead atoms. The van der Waals surface area contributed by atoms with Crippen LogP contribution in [-0.2, 0) is 16.2 Å². The van der Waals surface area contributed by atoms with Crippen LogP contribution in [0.15, 0.2) is 199 Å². The topological polar surface area (TPSA) is 16.4 Å². The Morgan fingerprint density at radius 2 is 1.07 bits per heavy atom. The Morgan fingerprint density at radius 3 is 1.78 bits per heavy atom. The lowest BCUT2D eigenvalue weighted by atomic mass is 9.79. The van der Waals surface area contributed by atoms with Crippen LogP contribution in [0.1, 0.15) is 112 Å². The van der Waals surface area contributed by atoms with E-state index in [1.54, 1.807) is 0 Å². The normalized spacial score (nSPS) is 15.8. The molecule has 0 radical (unpaired) electrons. The third-order valence-corrected chi connectivity index (χ3v) is 17.0. The van der Waals surface area contributed by atoms with E-state index in [0.717, 1.165) is 55.9 Å². The summed E-state index contributed by atoms with van der Waals surface area (Å²) < 4.78 is 6.89. The molecular weight excluding hydrogens is 895 g/mol. The number of hydrogen-bond acceptors (Lipinski definition) is 2. The molecule has 0 aliphatic heterocycles. The van der Waals surface area contributed by atoms with E-state index in [0.29, 0.717) is 0 Å². The number of nitrogens with zero attached hydrogens (tertiary/aromatic N) is 1. The maximum absolute atomic E-state index is 6.89. The van der Waals surface area contributed by atoms with E-state index >= 15 is 0 Å². The van der Waals surface area contributed by atoms with E-state index in [2.05, 4.69) is 244 Å². The number of para-hydroxylation sites is 1. The Balaban J connectivity index is 0.00000275. The summed E-state index contributed by atoms with van der Waals surface area (Å²) in [5, 5.41) is 4.79. The third kappa shape index (κ3) is 6.76. The molecule has 0 atom stereocenters. The second kappa shape index (κ2) is 16.8. The van der Waals surface area contributed by atoms with Gasteiger partial charge in [0.05, 0.1) is 0 Å². The van der Waals surface area contributed by atoms with Gasteiger partial charge < -0.3 is 9.32 Å². The van der Waals surface area contributed by atoms with Gasteiger partial charge in [0, 0.05) is 49.6 Å². The van der Waals surface area contributed by atoms with E-state index in [-0.39, 0.29) is 16.2 Å². The van der Waals surface area contributed by atoms with Crippen molar-refractivity contribution in [2.75, 3.05) is 4.90 Å². The van der Waals surface area contributed by atoms with Crippen molar-refractivity contribution < 1.29 is 4.42 Å². The largest absolute Gasteiger partial charge is 0.455 e. The van der Waals surface area contributed by atoms with E-state index in [1.165, 1.54) is 99.6 Å². The molecule has 3 aliphatic carbocycles. The van der Waals surface area contributed by atoms with Crippen molar-refractivity contribution in [1.82, 2.24) is 0 Å². The van der Waals surface area contributed by atoms with E-state index in [4.69, 9.17) is 11.0 Å². The maximum atomic E-state index is 6.89. The zero-order chi connectivity index (χ0) is 51.7. The van der Waals surface area contributed by atoms with Gasteiger partial charge in [-0.25, -0.2) is 0 Å². The fourth-order valence-electron chi connectivity index (χ4n) is 12.9. The van der Waals surface area contributed by atoms with Crippen molar-refractivity contribution in [2.45, 2.75) is 92.4 Å². The first-order valence-electron chi connectivity index (χ1n) is 26.5. The summed E-state index contributed by atoms with van der Waals surface area (Å²) in [7, 11) is 0. The summed E-state index contributed by atoms with van der Waals surface area (Å²) in [6.45, 7) is 34.2. The molecule has 2 nitrogen and oxygen atoms in total. The van der Waals surface area contributed by atoms with Gasteiger partial charge in [0.1, 0.15) is 11.2 Å². The van der Waals surface area contributed by atoms with Gasteiger partial charge in [-0.3, -0.25) is 0 Å². The van der Waals surface area contributed by atoms with Crippen LogP contribution in [0.5, 0.6) is 0 Å². The van der Waals surface area contributed by atoms with Gasteiger partial charge >= 0.3 is 0 Å². The molecule has 0 saturated heterocycles. The monoisotopic (exact) mass is 960 g/mol. The van der Waals surface area contributed by atoms with Crippen LogP contribution in [0, 0.1) is 13.8 Å². The van der Waals surface area contributed by atoms with Crippen LogP contribution >= 0.6 is 0 Å². The van der Waals surface area contributed by atoms with Crippen molar-refractivity contribution in [2.24, 2.45) is 0 Å². The second-order valence-corrected chi connectivity index (χ2v) is 22.5. The zero-order valence-electron chi connectivity index (χ0n) is 44.9. The molecule has 0 unspecified atom stereocenters. The summed E-state index contributed by atoms with van der Waals surface area (Å²) in [5.74, 6) is 0. The fourth-order valence-corrected chi connectivity index (χ4v) is 12.9. The molecule has 2 heteroatoms. The van der Waals surface area contributed by atoms with Gasteiger partial charge in [-0.15, -0.1) is 0 Å². The molecule has 364 valence electrons. The van der Waals surface area contributed by atoms with Gasteiger partial charge in [0.25, 0.3) is 0 Å². The van der Waals surface area contributed by atoms with Gasteiger partial charge in [0.15, 0.2) is 0 Å². The summed E-state index contributed by atoms with van der Waals surface area (Å²) in [6, 6.07) is 63.5. The summed E-state index contributed by atoms with van der Waals surface area (Å²) in [6.07, 6.45) is 0. The number of furan rings is 1. The van der Waals surface area contributed by atoms with Gasteiger partial charge in [0.2, 0.25) is 0 Å². The standard InChI is InChI=1S/C70H59NO.C2H6/c1-40(2)63(50-21-15-12-18-42(50)4)64-43(5)68(6,7)60-38-55-51-32-30-48(35-57(51)69(8,9)59(55)39-56(60)64)71(47-28-24-41(3)25-29-47)49-31-33-52-58(36-49)70(10,11)61-37-54(46-27-26-44-19-13-14-20-45(44)34-46)67-66(65(52)61)53-22-16-17-23-62(53)72-67;1-2/h12-39H,1,5H2,2-4,6-11H3;1-2H3/b64-63-;. The van der Waals surface area contributed by atoms with Crippen LogP contribution < -0.4 is 4.90 Å². The molecule has 1 aromatic heterocycles. The lowest BCUT2D eigenvalue weighted by molar-refractivity contribution is 0.652. The number of allylic oxidation sites excluding steroid dienone is 4. The Bertz CT molecular complexity index is 4070. The third-order valence-electron chi connectivity index (χ3n) is 17.0. The van der Waals surface area contributed by atoms with Crippen LogP contribution in [-0.4, -0.2) is 0 Å². The van der Waals surface area contributed by atoms with Crippen molar-refractivity contribution in [3.8, 4) is 33.4 Å². The molecule has 0 saturated carbocycles. The van der Waals surface area contributed by atoms with Crippen molar-refractivity contribution in [3.63, 3.8) is 0 Å². The quantitative estimate of drug-likeness (QED) is 0.165. The summed E-state index contributed by atoms with van der Waals surface area (Å²) in [5.41, 5.74) is 28.1. The molecule has 74 heavy (non-hydrogen) atoms. The second-order valence-electron chi connectivity index (χ2n) is 22.5. The number of rotatable bonds is 6. The maximum Gasteiger partial charge on any atom is 0.143 e. The Morgan fingerprint density at radius 1 is 0.500 bits per heavy atom. The highest BCUT2D eigenvalue weighted by Crippen LogP contribution is 2.60. The van der Waals surface area contributed by atoms with Crippen LogP contribution in [0.3, 0.4) is 0 Å². The number of aryl methyl sites for hydroxylation is 2. The number of anilines is 3. The molecular formula is C72H65NO. The highest BCUT2D eigenvalue weighted by Gasteiger charge is 2.44. The van der Waals surface area contributed by atoms with Crippen LogP contribution in [0.25, 0.3) is 77.2 Å². The molecule has 13 rings (SSSR count). The predicted molar refractivity (Wildman–Crippen MR) is 318 cm³/mol. The van der Waals surface area contributed by atoms with Crippen LogP contribution in [0.4, 0.5) is 17.1 Å². The lowest BCUT2D eigenvalue weighted by Crippen LogP contribution is -2.18. The van der Waals surface area contributed by atoms with Crippen molar-refractivity contribution in [3.05, 3.63) is 244 Å². The van der Waals surface area contributed by atoms with E-state index < -0.39 is 0 Å². The molecule has 0 spiro atoms. The minimum absolute atomic E-state index is 0.256. The molecule has 0 fully saturated rings. The first kappa shape index (κ1) is 47.1. The van der Waals surface area contributed by atoms with Gasteiger partial charge in [-0.2, -0.15) is 0 Å². The average molecular weight is 960 g/mol.